The molecule has 0 aromatic heterocycles. The molecule has 0 bridgehead atoms. The van der Waals surface area contributed by atoms with Gasteiger partial charge in [0.25, 0.3) is 0 Å². The van der Waals surface area contributed by atoms with Crippen LogP contribution in [-0.2, 0) is 15.2 Å². The summed E-state index contributed by atoms with van der Waals surface area (Å²) in [5.74, 6) is 0.878. The van der Waals surface area contributed by atoms with Crippen molar-refractivity contribution in [2.75, 3.05) is 14.2 Å². The minimum Gasteiger partial charge on any atom is -0.352 e. The fraction of sp³-hybridized carbons (Fsp3) is 0.235. The first-order chi connectivity index (χ1) is 10.3. The Kier molecular flexibility index (Phi) is 5.82. The summed E-state index contributed by atoms with van der Waals surface area (Å²) >= 11 is 1.76. The van der Waals surface area contributed by atoms with Crippen LogP contribution in [0.15, 0.2) is 53.4 Å². The monoisotopic (exact) mass is 299 g/mol. The summed E-state index contributed by atoms with van der Waals surface area (Å²) in [5, 5.41) is 8.77. The van der Waals surface area contributed by atoms with Crippen molar-refractivity contribution < 1.29 is 9.47 Å². The maximum Gasteiger partial charge on any atom is 0.183 e. The van der Waals surface area contributed by atoms with E-state index in [4.69, 9.17) is 14.7 Å². The topological polar surface area (TPSA) is 42.2 Å². The van der Waals surface area contributed by atoms with Crippen LogP contribution in [0.1, 0.15) is 23.0 Å². The summed E-state index contributed by atoms with van der Waals surface area (Å²) in [5.41, 5.74) is 2.90. The van der Waals surface area contributed by atoms with E-state index < -0.39 is 0 Å². The molecule has 108 valence electrons. The molecular formula is C17H17NO2S. The van der Waals surface area contributed by atoms with Gasteiger partial charge in [-0.3, -0.25) is 0 Å². The lowest BCUT2D eigenvalue weighted by molar-refractivity contribution is -0.106. The third kappa shape index (κ3) is 4.33. The third-order valence-electron chi connectivity index (χ3n) is 3.07. The summed E-state index contributed by atoms with van der Waals surface area (Å²) in [6.45, 7) is 0. The highest BCUT2D eigenvalue weighted by molar-refractivity contribution is 7.98. The molecule has 2 aromatic carbocycles. The third-order valence-corrected chi connectivity index (χ3v) is 4.15. The molecule has 0 aliphatic heterocycles. The van der Waals surface area contributed by atoms with Crippen LogP contribution < -0.4 is 0 Å². The van der Waals surface area contributed by atoms with E-state index in [0.717, 1.165) is 11.3 Å². The van der Waals surface area contributed by atoms with Crippen molar-refractivity contribution in [3.8, 4) is 6.07 Å². The summed E-state index contributed by atoms with van der Waals surface area (Å²) in [6.07, 6.45) is -0.317. The van der Waals surface area contributed by atoms with E-state index in [2.05, 4.69) is 18.2 Å². The van der Waals surface area contributed by atoms with E-state index in [1.165, 1.54) is 10.5 Å². The van der Waals surface area contributed by atoms with Crippen molar-refractivity contribution in [1.29, 1.82) is 5.26 Å². The lowest BCUT2D eigenvalue weighted by atomic mass is 10.2. The first-order valence-corrected chi connectivity index (χ1v) is 7.52. The largest absolute Gasteiger partial charge is 0.352 e. The van der Waals surface area contributed by atoms with Gasteiger partial charge in [0.05, 0.1) is 11.6 Å². The SMILES string of the molecule is COC(OC)c1ccc(SCc2ccc(C#N)cc2)cc1. The highest BCUT2D eigenvalue weighted by Crippen LogP contribution is 2.25. The summed E-state index contributed by atoms with van der Waals surface area (Å²) in [4.78, 5) is 1.19. The van der Waals surface area contributed by atoms with E-state index in [9.17, 15) is 0 Å². The molecule has 0 aliphatic rings. The van der Waals surface area contributed by atoms with Crippen LogP contribution in [0.25, 0.3) is 0 Å². The molecule has 3 nitrogen and oxygen atoms in total. The smallest absolute Gasteiger partial charge is 0.183 e. The second-order valence-electron chi connectivity index (χ2n) is 4.47. The summed E-state index contributed by atoms with van der Waals surface area (Å²) in [6, 6.07) is 18.0. The lowest BCUT2D eigenvalue weighted by Gasteiger charge is -2.13. The first-order valence-electron chi connectivity index (χ1n) is 6.54. The highest BCUT2D eigenvalue weighted by Gasteiger charge is 2.08. The van der Waals surface area contributed by atoms with Crippen LogP contribution >= 0.6 is 11.8 Å². The average Bonchev–Trinajstić information content (AvgIpc) is 2.55. The van der Waals surface area contributed by atoms with Gasteiger partial charge >= 0.3 is 0 Å². The van der Waals surface area contributed by atoms with Crippen molar-refractivity contribution >= 4 is 11.8 Å². The van der Waals surface area contributed by atoms with Gasteiger partial charge in [0.15, 0.2) is 6.29 Å². The molecule has 0 fully saturated rings. The molecule has 0 radical (unpaired) electrons. The van der Waals surface area contributed by atoms with Crippen LogP contribution in [0.3, 0.4) is 0 Å². The number of hydrogen-bond acceptors (Lipinski definition) is 4. The Labute approximate surface area is 129 Å². The first kappa shape index (κ1) is 15.6. The zero-order chi connectivity index (χ0) is 15.1. The molecular weight excluding hydrogens is 282 g/mol. The molecule has 0 aliphatic carbocycles. The average molecular weight is 299 g/mol. The molecule has 4 heteroatoms. The quantitative estimate of drug-likeness (QED) is 0.594. The highest BCUT2D eigenvalue weighted by atomic mass is 32.2. The normalized spacial score (nSPS) is 10.6. The Morgan fingerprint density at radius 2 is 1.62 bits per heavy atom. The van der Waals surface area contributed by atoms with Crippen LogP contribution in [0.2, 0.25) is 0 Å². The van der Waals surface area contributed by atoms with Crippen molar-refractivity contribution in [3.63, 3.8) is 0 Å². The number of nitrogens with zero attached hydrogens (tertiary/aromatic N) is 1. The van der Waals surface area contributed by atoms with Crippen molar-refractivity contribution in [1.82, 2.24) is 0 Å². The molecule has 0 atom stereocenters. The van der Waals surface area contributed by atoms with Crippen molar-refractivity contribution in [3.05, 3.63) is 65.2 Å². The number of benzene rings is 2. The number of methoxy groups -OCH3 is 2. The molecule has 0 unspecified atom stereocenters. The maximum atomic E-state index is 8.77. The van der Waals surface area contributed by atoms with Gasteiger partial charge in [-0.05, 0) is 29.8 Å². The van der Waals surface area contributed by atoms with Crippen molar-refractivity contribution in [2.24, 2.45) is 0 Å². The van der Waals surface area contributed by atoms with E-state index in [1.54, 1.807) is 26.0 Å². The van der Waals surface area contributed by atoms with E-state index in [1.807, 2.05) is 36.4 Å². The maximum absolute atomic E-state index is 8.77. The number of hydrogen-bond donors (Lipinski definition) is 0. The fourth-order valence-corrected chi connectivity index (χ4v) is 2.79. The summed E-state index contributed by atoms with van der Waals surface area (Å²) in [7, 11) is 3.25. The van der Waals surface area contributed by atoms with Gasteiger partial charge in [-0.1, -0.05) is 24.3 Å². The molecule has 0 amide bonds. The molecule has 0 spiro atoms. The zero-order valence-corrected chi connectivity index (χ0v) is 12.9. The Morgan fingerprint density at radius 1 is 1.00 bits per heavy atom. The Bertz CT molecular complexity index is 598. The lowest BCUT2D eigenvalue weighted by Crippen LogP contribution is -2.02. The van der Waals surface area contributed by atoms with Gasteiger partial charge in [-0.15, -0.1) is 11.8 Å². The van der Waals surface area contributed by atoms with Crippen LogP contribution in [-0.4, -0.2) is 14.2 Å². The zero-order valence-electron chi connectivity index (χ0n) is 12.1. The van der Waals surface area contributed by atoms with E-state index >= 15 is 0 Å². The second-order valence-corrected chi connectivity index (χ2v) is 5.52. The Hall–Kier alpha value is -1.80. The second kappa shape index (κ2) is 7.84. The standard InChI is InChI=1S/C17H17NO2S/c1-19-17(20-2)15-7-9-16(10-8-15)21-12-14-5-3-13(11-18)4-6-14/h3-10,17H,12H2,1-2H3. The molecule has 21 heavy (non-hydrogen) atoms. The number of nitriles is 1. The predicted octanol–water partition coefficient (Wildman–Crippen LogP) is 4.14. The van der Waals surface area contributed by atoms with Gasteiger partial charge in [-0.25, -0.2) is 0 Å². The Balaban J connectivity index is 1.95. The van der Waals surface area contributed by atoms with Gasteiger partial charge in [-0.2, -0.15) is 5.26 Å². The minimum atomic E-state index is -0.317. The van der Waals surface area contributed by atoms with Crippen LogP contribution in [0.4, 0.5) is 0 Å². The number of ether oxygens (including phenoxy) is 2. The van der Waals surface area contributed by atoms with Gasteiger partial charge in [0, 0.05) is 30.4 Å². The van der Waals surface area contributed by atoms with E-state index in [0.29, 0.717) is 5.56 Å². The number of rotatable bonds is 6. The summed E-state index contributed by atoms with van der Waals surface area (Å²) < 4.78 is 10.4. The van der Waals surface area contributed by atoms with Crippen molar-refractivity contribution in [2.45, 2.75) is 16.9 Å². The Morgan fingerprint density at radius 3 is 2.14 bits per heavy atom. The van der Waals surface area contributed by atoms with Gasteiger partial charge < -0.3 is 9.47 Å². The van der Waals surface area contributed by atoms with Gasteiger partial charge in [0.2, 0.25) is 0 Å². The minimum absolute atomic E-state index is 0.317. The molecule has 0 saturated heterocycles. The van der Waals surface area contributed by atoms with Crippen LogP contribution in [0.5, 0.6) is 0 Å². The molecule has 2 aromatic rings. The number of thioether (sulfide) groups is 1. The van der Waals surface area contributed by atoms with Gasteiger partial charge in [0.1, 0.15) is 0 Å². The molecule has 0 saturated carbocycles. The molecule has 2 rings (SSSR count). The molecule has 0 N–H and O–H groups in total. The predicted molar refractivity (Wildman–Crippen MR) is 83.9 cm³/mol. The van der Waals surface area contributed by atoms with Crippen LogP contribution in [0, 0.1) is 11.3 Å². The van der Waals surface area contributed by atoms with E-state index in [-0.39, 0.29) is 6.29 Å². The fourth-order valence-electron chi connectivity index (χ4n) is 1.93. The molecule has 0 heterocycles.